The van der Waals surface area contributed by atoms with Crippen molar-refractivity contribution in [1.29, 1.82) is 0 Å². The summed E-state index contributed by atoms with van der Waals surface area (Å²) in [7, 11) is 0. The summed E-state index contributed by atoms with van der Waals surface area (Å²) in [6.07, 6.45) is 0. The van der Waals surface area contributed by atoms with Crippen LogP contribution in [0.25, 0.3) is 0 Å². The zero-order valence-electron chi connectivity index (χ0n) is 11.4. The van der Waals surface area contributed by atoms with Crippen LogP contribution < -0.4 is 10.6 Å². The molecule has 3 nitrogen and oxygen atoms in total. The minimum Gasteiger partial charge on any atom is -0.357 e. The van der Waals surface area contributed by atoms with Gasteiger partial charge < -0.3 is 10.6 Å². The van der Waals surface area contributed by atoms with Crippen LogP contribution in [-0.2, 0) is 6.54 Å². The Bertz CT molecular complexity index is 336. The van der Waals surface area contributed by atoms with Crippen molar-refractivity contribution in [2.24, 2.45) is 10.9 Å². The first-order chi connectivity index (χ1) is 8.22. The molecule has 0 radical (unpaired) electrons. The highest BCUT2D eigenvalue weighted by molar-refractivity contribution is 14.0. The maximum atomic E-state index is 4.55. The number of halogens is 1. The lowest BCUT2D eigenvalue weighted by atomic mass is 10.2. The highest BCUT2D eigenvalue weighted by Crippen LogP contribution is 1.99. The Balaban J connectivity index is 0.00000289. The highest BCUT2D eigenvalue weighted by atomic mass is 127. The van der Waals surface area contributed by atoms with Gasteiger partial charge in [0.1, 0.15) is 0 Å². The van der Waals surface area contributed by atoms with Crippen molar-refractivity contribution in [3.63, 3.8) is 0 Å². The fourth-order valence-electron chi connectivity index (χ4n) is 1.40. The van der Waals surface area contributed by atoms with Crippen LogP contribution in [0.4, 0.5) is 0 Å². The summed E-state index contributed by atoms with van der Waals surface area (Å²) in [5, 5.41) is 6.58. The first-order valence-corrected chi connectivity index (χ1v) is 6.28. The van der Waals surface area contributed by atoms with Crippen LogP contribution in [0.1, 0.15) is 26.3 Å². The molecule has 18 heavy (non-hydrogen) atoms. The van der Waals surface area contributed by atoms with Crippen LogP contribution in [0, 0.1) is 5.92 Å². The lowest BCUT2D eigenvalue weighted by molar-refractivity contribution is 0.615. The summed E-state index contributed by atoms with van der Waals surface area (Å²) >= 11 is 0. The fraction of sp³-hybridized carbons (Fsp3) is 0.500. The number of guanidine groups is 1. The zero-order valence-corrected chi connectivity index (χ0v) is 13.8. The maximum absolute atomic E-state index is 4.55. The Morgan fingerprint density at radius 1 is 1.17 bits per heavy atom. The molecule has 0 aliphatic rings. The van der Waals surface area contributed by atoms with Gasteiger partial charge in [-0.25, -0.2) is 4.99 Å². The molecule has 0 saturated heterocycles. The van der Waals surface area contributed by atoms with Crippen molar-refractivity contribution in [2.75, 3.05) is 13.1 Å². The van der Waals surface area contributed by atoms with Gasteiger partial charge in [0, 0.05) is 13.1 Å². The van der Waals surface area contributed by atoms with Gasteiger partial charge in [0.15, 0.2) is 5.96 Å². The molecular weight excluding hydrogens is 337 g/mol. The minimum atomic E-state index is 0. The lowest BCUT2D eigenvalue weighted by Crippen LogP contribution is -2.39. The van der Waals surface area contributed by atoms with Crippen LogP contribution in [-0.4, -0.2) is 19.0 Å². The highest BCUT2D eigenvalue weighted by Gasteiger charge is 1.98. The molecule has 1 aromatic carbocycles. The maximum Gasteiger partial charge on any atom is 0.191 e. The van der Waals surface area contributed by atoms with Crippen molar-refractivity contribution in [1.82, 2.24) is 10.6 Å². The quantitative estimate of drug-likeness (QED) is 0.481. The van der Waals surface area contributed by atoms with E-state index >= 15 is 0 Å². The van der Waals surface area contributed by atoms with Gasteiger partial charge in [-0.2, -0.15) is 0 Å². The van der Waals surface area contributed by atoms with Gasteiger partial charge in [0.2, 0.25) is 0 Å². The van der Waals surface area contributed by atoms with Crippen molar-refractivity contribution < 1.29 is 0 Å². The lowest BCUT2D eigenvalue weighted by Gasteiger charge is -2.12. The molecule has 102 valence electrons. The second-order valence-corrected chi connectivity index (χ2v) is 4.46. The normalized spacial score (nSPS) is 11.0. The summed E-state index contributed by atoms with van der Waals surface area (Å²) in [5.74, 6) is 1.51. The predicted molar refractivity (Wildman–Crippen MR) is 89.5 cm³/mol. The number of aliphatic imine (C=N–C) groups is 1. The van der Waals surface area contributed by atoms with Gasteiger partial charge in [0.05, 0.1) is 6.54 Å². The van der Waals surface area contributed by atoms with Crippen molar-refractivity contribution in [3.05, 3.63) is 35.9 Å². The van der Waals surface area contributed by atoms with E-state index in [1.165, 1.54) is 5.56 Å². The summed E-state index contributed by atoms with van der Waals surface area (Å²) < 4.78 is 0. The fourth-order valence-corrected chi connectivity index (χ4v) is 1.40. The molecule has 0 fully saturated rings. The number of hydrogen-bond donors (Lipinski definition) is 2. The van der Waals surface area contributed by atoms with Gasteiger partial charge in [0.25, 0.3) is 0 Å². The molecule has 0 unspecified atom stereocenters. The second-order valence-electron chi connectivity index (χ2n) is 4.46. The van der Waals surface area contributed by atoms with Crippen LogP contribution in [0.15, 0.2) is 35.3 Å². The van der Waals surface area contributed by atoms with E-state index < -0.39 is 0 Å². The summed E-state index contributed by atoms with van der Waals surface area (Å²) in [6.45, 7) is 9.00. The van der Waals surface area contributed by atoms with E-state index in [0.717, 1.165) is 19.0 Å². The smallest absolute Gasteiger partial charge is 0.191 e. The molecule has 0 spiro atoms. The molecule has 4 heteroatoms. The molecular formula is C14H24IN3. The molecule has 0 atom stereocenters. The van der Waals surface area contributed by atoms with Gasteiger partial charge in [-0.3, -0.25) is 0 Å². The predicted octanol–water partition coefficient (Wildman–Crippen LogP) is 3.02. The first-order valence-electron chi connectivity index (χ1n) is 6.28. The zero-order chi connectivity index (χ0) is 12.5. The summed E-state index contributed by atoms with van der Waals surface area (Å²) in [6, 6.07) is 10.3. The third kappa shape index (κ3) is 7.53. The van der Waals surface area contributed by atoms with E-state index in [-0.39, 0.29) is 24.0 Å². The molecule has 0 aliphatic heterocycles. The molecule has 0 aliphatic carbocycles. The molecule has 0 aromatic heterocycles. The minimum absolute atomic E-state index is 0. The molecule has 0 heterocycles. The van der Waals surface area contributed by atoms with Gasteiger partial charge in [-0.1, -0.05) is 44.2 Å². The molecule has 0 bridgehead atoms. The monoisotopic (exact) mass is 361 g/mol. The number of rotatable bonds is 5. The van der Waals surface area contributed by atoms with E-state index in [9.17, 15) is 0 Å². The van der Waals surface area contributed by atoms with E-state index in [2.05, 4.69) is 48.5 Å². The first kappa shape index (κ1) is 17.2. The SMILES string of the molecule is CCNC(=NCc1ccccc1)NCC(C)C.I. The molecule has 2 N–H and O–H groups in total. The van der Waals surface area contributed by atoms with Crippen LogP contribution in [0.2, 0.25) is 0 Å². The van der Waals surface area contributed by atoms with Crippen LogP contribution in [0.5, 0.6) is 0 Å². The third-order valence-electron chi connectivity index (χ3n) is 2.28. The Kier molecular flexibility index (Phi) is 9.73. The van der Waals surface area contributed by atoms with Crippen LogP contribution >= 0.6 is 24.0 Å². The van der Waals surface area contributed by atoms with Crippen molar-refractivity contribution in [3.8, 4) is 0 Å². The van der Waals surface area contributed by atoms with Crippen molar-refractivity contribution in [2.45, 2.75) is 27.3 Å². The summed E-state index contributed by atoms with van der Waals surface area (Å²) in [4.78, 5) is 4.55. The largest absolute Gasteiger partial charge is 0.357 e. The third-order valence-corrected chi connectivity index (χ3v) is 2.28. The van der Waals surface area contributed by atoms with Gasteiger partial charge >= 0.3 is 0 Å². The Hall–Kier alpha value is -0.780. The average molecular weight is 361 g/mol. The molecule has 0 amide bonds. The Labute approximate surface area is 127 Å². The van der Waals surface area contributed by atoms with E-state index in [4.69, 9.17) is 0 Å². The molecule has 1 rings (SSSR count). The van der Waals surface area contributed by atoms with Crippen molar-refractivity contribution >= 4 is 29.9 Å². The Morgan fingerprint density at radius 3 is 2.39 bits per heavy atom. The number of nitrogens with zero attached hydrogens (tertiary/aromatic N) is 1. The number of benzene rings is 1. The standard InChI is InChI=1S/C14H23N3.HI/c1-4-15-14(16-10-12(2)3)17-11-13-8-6-5-7-9-13;/h5-9,12H,4,10-11H2,1-3H3,(H2,15,16,17);1H. The molecule has 1 aromatic rings. The van der Waals surface area contributed by atoms with Gasteiger partial charge in [-0.05, 0) is 18.4 Å². The number of hydrogen-bond acceptors (Lipinski definition) is 1. The summed E-state index contributed by atoms with van der Waals surface area (Å²) in [5.41, 5.74) is 1.23. The second kappa shape index (κ2) is 10.2. The van der Waals surface area contributed by atoms with Crippen LogP contribution in [0.3, 0.4) is 0 Å². The van der Waals surface area contributed by atoms with E-state index in [1.807, 2.05) is 18.2 Å². The Morgan fingerprint density at radius 2 is 1.83 bits per heavy atom. The van der Waals surface area contributed by atoms with Gasteiger partial charge in [-0.15, -0.1) is 24.0 Å². The number of nitrogens with one attached hydrogen (secondary N) is 2. The topological polar surface area (TPSA) is 36.4 Å². The van der Waals surface area contributed by atoms with E-state index in [1.54, 1.807) is 0 Å². The van der Waals surface area contributed by atoms with E-state index in [0.29, 0.717) is 12.5 Å². The molecule has 0 saturated carbocycles. The average Bonchev–Trinajstić information content (AvgIpc) is 2.34.